The van der Waals surface area contributed by atoms with E-state index < -0.39 is 11.7 Å². The second kappa shape index (κ2) is 15.5. The number of piperidine rings is 1. The van der Waals surface area contributed by atoms with E-state index >= 15 is 0 Å². The molecule has 0 spiro atoms. The van der Waals surface area contributed by atoms with Crippen molar-refractivity contribution < 1.29 is 19.1 Å². The molecule has 10 heteroatoms. The highest BCUT2D eigenvalue weighted by Crippen LogP contribution is 2.14. The molecule has 1 saturated heterocycles. The summed E-state index contributed by atoms with van der Waals surface area (Å²) >= 11 is 0. The number of ether oxygens (including phenoxy) is 2. The third kappa shape index (κ3) is 13.7. The monoisotopic (exact) mass is 555 g/mol. The van der Waals surface area contributed by atoms with Crippen molar-refractivity contribution in [1.29, 1.82) is 0 Å². The molecule has 0 radical (unpaired) electrons. The molecule has 0 aromatic rings. The van der Waals surface area contributed by atoms with Gasteiger partial charge in [-0.05, 0) is 46.5 Å². The van der Waals surface area contributed by atoms with E-state index in [0.717, 1.165) is 51.3 Å². The Labute approximate surface area is 204 Å². The maximum atomic E-state index is 11.9. The second-order valence-corrected chi connectivity index (χ2v) is 8.69. The fraction of sp³-hybridized carbons (Fsp3) is 0.857. The van der Waals surface area contributed by atoms with Crippen molar-refractivity contribution >= 4 is 41.9 Å². The summed E-state index contributed by atoms with van der Waals surface area (Å²) in [5, 5.41) is 6.09. The maximum Gasteiger partial charge on any atom is 0.407 e. The molecule has 0 bridgehead atoms. The maximum absolute atomic E-state index is 11.9. The van der Waals surface area contributed by atoms with Crippen molar-refractivity contribution in [2.45, 2.75) is 65.1 Å². The number of likely N-dealkylation sites (tertiary alicyclic amines) is 1. The van der Waals surface area contributed by atoms with Crippen LogP contribution in [0.2, 0.25) is 0 Å². The molecule has 9 nitrogen and oxygen atoms in total. The van der Waals surface area contributed by atoms with Crippen LogP contribution in [0.4, 0.5) is 4.79 Å². The van der Waals surface area contributed by atoms with Crippen molar-refractivity contribution in [2.24, 2.45) is 4.99 Å². The highest BCUT2D eigenvalue weighted by Gasteiger charge is 2.22. The number of carbonyl (C=O) groups is 2. The summed E-state index contributed by atoms with van der Waals surface area (Å²) in [6.45, 7) is 11.4. The molecule has 1 rings (SSSR count). The Morgan fingerprint density at radius 3 is 2.32 bits per heavy atom. The molecule has 0 atom stereocenters. The third-order valence-corrected chi connectivity index (χ3v) is 4.48. The SMILES string of the molecule is CCCNC(=NCC(=O)N(C)C)N1CCC(OCCCNC(=O)OC(C)(C)C)CC1.I. The minimum Gasteiger partial charge on any atom is -0.444 e. The molecule has 2 amide bonds. The molecule has 0 aliphatic carbocycles. The minimum absolute atomic E-state index is 0. The number of carbonyl (C=O) groups excluding carboxylic acids is 2. The first-order valence-corrected chi connectivity index (χ1v) is 10.9. The lowest BCUT2D eigenvalue weighted by Crippen LogP contribution is -2.47. The van der Waals surface area contributed by atoms with Gasteiger partial charge in [0.2, 0.25) is 5.91 Å². The number of hydrogen-bond donors (Lipinski definition) is 2. The van der Waals surface area contributed by atoms with Crippen LogP contribution in [0, 0.1) is 0 Å². The van der Waals surface area contributed by atoms with Crippen molar-refractivity contribution in [2.75, 3.05) is 53.4 Å². The lowest BCUT2D eigenvalue weighted by atomic mass is 10.1. The summed E-state index contributed by atoms with van der Waals surface area (Å²) in [5.74, 6) is 0.788. The van der Waals surface area contributed by atoms with E-state index in [9.17, 15) is 9.59 Å². The van der Waals surface area contributed by atoms with Gasteiger partial charge < -0.3 is 29.9 Å². The van der Waals surface area contributed by atoms with Crippen molar-refractivity contribution in [1.82, 2.24) is 20.4 Å². The Balaban J connectivity index is 0.00000900. The van der Waals surface area contributed by atoms with Crippen molar-refractivity contribution in [3.8, 4) is 0 Å². The Morgan fingerprint density at radius 2 is 1.77 bits per heavy atom. The van der Waals surface area contributed by atoms with Crippen LogP contribution in [0.3, 0.4) is 0 Å². The largest absolute Gasteiger partial charge is 0.444 e. The molecular formula is C21H42IN5O4. The third-order valence-electron chi connectivity index (χ3n) is 4.48. The molecule has 1 aliphatic rings. The van der Waals surface area contributed by atoms with Gasteiger partial charge in [0.25, 0.3) is 0 Å². The number of nitrogens with one attached hydrogen (secondary N) is 2. The average molecular weight is 556 g/mol. The van der Waals surface area contributed by atoms with Crippen LogP contribution >= 0.6 is 24.0 Å². The van der Waals surface area contributed by atoms with Gasteiger partial charge in [-0.15, -0.1) is 24.0 Å². The molecule has 0 aromatic carbocycles. The summed E-state index contributed by atoms with van der Waals surface area (Å²) in [7, 11) is 3.48. The van der Waals surface area contributed by atoms with Gasteiger partial charge in [-0.3, -0.25) is 4.79 Å². The first-order chi connectivity index (χ1) is 14.1. The number of amides is 2. The van der Waals surface area contributed by atoms with Gasteiger partial charge in [-0.2, -0.15) is 0 Å². The smallest absolute Gasteiger partial charge is 0.407 e. The highest BCUT2D eigenvalue weighted by molar-refractivity contribution is 14.0. The summed E-state index contributed by atoms with van der Waals surface area (Å²) < 4.78 is 11.2. The molecule has 0 unspecified atom stereocenters. The zero-order valence-corrected chi connectivity index (χ0v) is 22.4. The topological polar surface area (TPSA) is 95.5 Å². The van der Waals surface area contributed by atoms with Gasteiger partial charge in [0.1, 0.15) is 12.1 Å². The van der Waals surface area contributed by atoms with Crippen molar-refractivity contribution in [3.63, 3.8) is 0 Å². The van der Waals surface area contributed by atoms with Crippen molar-refractivity contribution in [3.05, 3.63) is 0 Å². The van der Waals surface area contributed by atoms with Crippen LogP contribution in [0.15, 0.2) is 4.99 Å². The standard InChI is InChI=1S/C21H41N5O4.HI/c1-7-11-22-19(24-16-18(27)25(5)6)26-13-9-17(10-14-26)29-15-8-12-23-20(28)30-21(2,3)4;/h17H,7-16H2,1-6H3,(H,22,24)(H,23,28);1H. The first-order valence-electron chi connectivity index (χ1n) is 10.9. The minimum atomic E-state index is -0.484. The summed E-state index contributed by atoms with van der Waals surface area (Å²) in [4.78, 5) is 31.7. The zero-order valence-electron chi connectivity index (χ0n) is 20.0. The molecule has 1 fully saturated rings. The molecule has 182 valence electrons. The van der Waals surface area contributed by atoms with Gasteiger partial charge in [0.05, 0.1) is 6.10 Å². The lowest BCUT2D eigenvalue weighted by molar-refractivity contribution is -0.127. The highest BCUT2D eigenvalue weighted by atomic mass is 127. The Morgan fingerprint density at radius 1 is 1.13 bits per heavy atom. The summed E-state index contributed by atoms with van der Waals surface area (Å²) in [6.07, 6.45) is 3.38. The number of rotatable bonds is 9. The lowest BCUT2D eigenvalue weighted by Gasteiger charge is -2.34. The van der Waals surface area contributed by atoms with E-state index in [1.165, 1.54) is 0 Å². The Hall–Kier alpha value is -1.30. The summed E-state index contributed by atoms with van der Waals surface area (Å²) in [6, 6.07) is 0. The zero-order chi connectivity index (χ0) is 22.6. The Bertz CT molecular complexity index is 558. The molecule has 0 saturated carbocycles. The number of nitrogens with zero attached hydrogens (tertiary/aromatic N) is 3. The van der Waals surface area contributed by atoms with Gasteiger partial charge in [0, 0.05) is 46.9 Å². The number of hydrogen-bond acceptors (Lipinski definition) is 5. The van der Waals surface area contributed by atoms with Crippen LogP contribution in [-0.4, -0.2) is 92.9 Å². The van der Waals surface area contributed by atoms with E-state index in [1.807, 2.05) is 20.8 Å². The van der Waals surface area contributed by atoms with E-state index in [-0.39, 0.29) is 42.5 Å². The van der Waals surface area contributed by atoms with Crippen LogP contribution in [0.1, 0.15) is 53.4 Å². The van der Waals surface area contributed by atoms with E-state index in [4.69, 9.17) is 9.47 Å². The van der Waals surface area contributed by atoms with Crippen LogP contribution in [-0.2, 0) is 14.3 Å². The number of aliphatic imine (C=N–C) groups is 1. The fourth-order valence-electron chi connectivity index (χ4n) is 2.85. The first kappa shape index (κ1) is 29.7. The summed E-state index contributed by atoms with van der Waals surface area (Å²) in [5.41, 5.74) is -0.484. The fourth-order valence-corrected chi connectivity index (χ4v) is 2.85. The average Bonchev–Trinajstić information content (AvgIpc) is 2.66. The van der Waals surface area contributed by atoms with Gasteiger partial charge in [-0.1, -0.05) is 6.92 Å². The van der Waals surface area contributed by atoms with Crippen LogP contribution in [0.25, 0.3) is 0 Å². The number of likely N-dealkylation sites (N-methyl/N-ethyl adjacent to an activating group) is 1. The van der Waals surface area contributed by atoms with Crippen LogP contribution < -0.4 is 10.6 Å². The molecule has 0 aromatic heterocycles. The van der Waals surface area contributed by atoms with E-state index in [0.29, 0.717) is 13.2 Å². The van der Waals surface area contributed by atoms with E-state index in [2.05, 4.69) is 27.4 Å². The number of alkyl carbamates (subject to hydrolysis) is 1. The van der Waals surface area contributed by atoms with Gasteiger partial charge >= 0.3 is 6.09 Å². The van der Waals surface area contributed by atoms with Gasteiger partial charge in [-0.25, -0.2) is 9.79 Å². The number of halogens is 1. The predicted octanol–water partition coefficient (Wildman–Crippen LogP) is 2.44. The normalized spacial score (nSPS) is 15.2. The van der Waals surface area contributed by atoms with Gasteiger partial charge in [0.15, 0.2) is 5.96 Å². The molecular weight excluding hydrogens is 513 g/mol. The van der Waals surface area contributed by atoms with E-state index in [1.54, 1.807) is 19.0 Å². The molecule has 2 N–H and O–H groups in total. The Kier molecular flexibility index (Phi) is 14.8. The molecule has 31 heavy (non-hydrogen) atoms. The van der Waals surface area contributed by atoms with Crippen LogP contribution in [0.5, 0.6) is 0 Å². The number of guanidine groups is 1. The molecule has 1 heterocycles. The quantitative estimate of drug-likeness (QED) is 0.197. The second-order valence-electron chi connectivity index (χ2n) is 8.69. The predicted molar refractivity (Wildman–Crippen MR) is 134 cm³/mol. The molecule has 1 aliphatic heterocycles.